The number of amides is 1. The van der Waals surface area contributed by atoms with Crippen LogP contribution < -0.4 is 14.9 Å². The lowest BCUT2D eigenvalue weighted by molar-refractivity contribution is -0.118. The normalized spacial score (nSPS) is 11.5. The van der Waals surface area contributed by atoms with E-state index in [0.29, 0.717) is 22.3 Å². The first-order valence-electron chi connectivity index (χ1n) is 12.2. The van der Waals surface area contributed by atoms with Crippen molar-refractivity contribution in [2.75, 3.05) is 20.0 Å². The van der Waals surface area contributed by atoms with Crippen LogP contribution in [0.25, 0.3) is 17.1 Å². The van der Waals surface area contributed by atoms with Crippen molar-refractivity contribution in [2.45, 2.75) is 31.3 Å². The Hall–Kier alpha value is -4.31. The molecule has 0 atom stereocenters. The number of nitrogens with zero attached hydrogens (tertiary/aromatic N) is 4. The van der Waals surface area contributed by atoms with Crippen molar-refractivity contribution in [1.82, 2.24) is 20.2 Å². The maximum absolute atomic E-state index is 12.5. The zero-order valence-corrected chi connectivity index (χ0v) is 23.3. The minimum atomic E-state index is -0.303. The molecule has 1 amide bonds. The Labute approximate surface area is 231 Å². The molecule has 202 valence electrons. The number of ether oxygens (including phenoxy) is 2. The third-order valence-electron chi connectivity index (χ3n) is 5.91. The fourth-order valence-electron chi connectivity index (χ4n) is 3.75. The number of phenolic OH excluding ortho intramolecular Hbond substituents is 1. The predicted molar refractivity (Wildman–Crippen MR) is 153 cm³/mol. The summed E-state index contributed by atoms with van der Waals surface area (Å²) in [6, 6.07) is 20.7. The highest BCUT2D eigenvalue weighted by molar-refractivity contribution is 7.99. The molecule has 1 heterocycles. The average Bonchev–Trinajstić information content (AvgIpc) is 3.36. The number of benzene rings is 3. The Balaban J connectivity index is 1.53. The number of carbonyl (C=O) groups is 1. The van der Waals surface area contributed by atoms with E-state index in [1.54, 1.807) is 19.2 Å². The van der Waals surface area contributed by atoms with Crippen LogP contribution in [0.5, 0.6) is 17.2 Å². The Bertz CT molecular complexity index is 1460. The minimum Gasteiger partial charge on any atom is -0.504 e. The number of nitrogens with one attached hydrogen (secondary N) is 1. The highest BCUT2D eigenvalue weighted by Crippen LogP contribution is 2.31. The summed E-state index contributed by atoms with van der Waals surface area (Å²) < 4.78 is 12.3. The van der Waals surface area contributed by atoms with E-state index in [0.717, 1.165) is 17.0 Å². The van der Waals surface area contributed by atoms with E-state index in [4.69, 9.17) is 9.47 Å². The summed E-state index contributed by atoms with van der Waals surface area (Å²) in [6.45, 7) is 6.52. The van der Waals surface area contributed by atoms with Gasteiger partial charge in [0.05, 0.1) is 26.2 Å². The number of methoxy groups -OCH3 is 2. The van der Waals surface area contributed by atoms with Gasteiger partial charge >= 0.3 is 0 Å². The molecule has 0 aliphatic rings. The number of aromatic hydroxyl groups is 1. The van der Waals surface area contributed by atoms with Gasteiger partial charge in [-0.05, 0) is 59.0 Å². The van der Waals surface area contributed by atoms with Crippen molar-refractivity contribution in [3.63, 3.8) is 0 Å². The minimum absolute atomic E-state index is 0.0283. The van der Waals surface area contributed by atoms with Crippen molar-refractivity contribution < 1.29 is 19.4 Å². The fraction of sp³-hybridized carbons (Fsp3) is 0.241. The third kappa shape index (κ3) is 6.77. The summed E-state index contributed by atoms with van der Waals surface area (Å²) in [7, 11) is 3.09. The lowest BCUT2D eigenvalue weighted by Crippen LogP contribution is -2.20. The van der Waals surface area contributed by atoms with E-state index in [2.05, 4.69) is 53.6 Å². The Kier molecular flexibility index (Phi) is 8.55. The standard InChI is InChI=1S/C29H31N5O4S/c1-29(2,3)21-9-7-20(8-10-21)27-32-33-28(34(27)22-11-13-23(37-4)14-12-22)39-18-26(36)31-30-17-19-6-15-24(35)25(16-19)38-5/h6-17,35H,18H2,1-5H3,(H,31,36). The third-order valence-corrected chi connectivity index (χ3v) is 6.84. The van der Waals surface area contributed by atoms with Gasteiger partial charge in [0.1, 0.15) is 5.75 Å². The van der Waals surface area contributed by atoms with E-state index >= 15 is 0 Å². The second-order valence-electron chi connectivity index (χ2n) is 9.68. The summed E-state index contributed by atoms with van der Waals surface area (Å²) in [5.74, 6) is 1.53. The van der Waals surface area contributed by atoms with Gasteiger partial charge < -0.3 is 14.6 Å². The number of hydrogen-bond acceptors (Lipinski definition) is 8. The summed E-state index contributed by atoms with van der Waals surface area (Å²) >= 11 is 1.26. The van der Waals surface area contributed by atoms with Gasteiger partial charge in [-0.1, -0.05) is 56.8 Å². The summed E-state index contributed by atoms with van der Waals surface area (Å²) in [4.78, 5) is 12.5. The molecule has 0 bridgehead atoms. The molecule has 0 saturated carbocycles. The monoisotopic (exact) mass is 545 g/mol. The second-order valence-corrected chi connectivity index (χ2v) is 10.6. The molecule has 9 nitrogen and oxygen atoms in total. The molecule has 2 N–H and O–H groups in total. The molecule has 0 radical (unpaired) electrons. The molecule has 0 aliphatic carbocycles. The zero-order valence-electron chi connectivity index (χ0n) is 22.5. The van der Waals surface area contributed by atoms with Gasteiger partial charge in [0.25, 0.3) is 5.91 Å². The van der Waals surface area contributed by atoms with Crippen molar-refractivity contribution in [2.24, 2.45) is 5.10 Å². The molecule has 0 spiro atoms. The van der Waals surface area contributed by atoms with E-state index in [9.17, 15) is 9.90 Å². The average molecular weight is 546 g/mol. The zero-order chi connectivity index (χ0) is 28.0. The maximum atomic E-state index is 12.5. The van der Waals surface area contributed by atoms with Crippen molar-refractivity contribution >= 4 is 23.9 Å². The molecule has 10 heteroatoms. The molecule has 4 rings (SSSR count). The first-order valence-corrected chi connectivity index (χ1v) is 13.2. The van der Waals surface area contributed by atoms with Crippen LogP contribution in [-0.4, -0.2) is 52.0 Å². The van der Waals surface area contributed by atoms with Gasteiger partial charge in [-0.15, -0.1) is 10.2 Å². The SMILES string of the molecule is COc1ccc(-n2c(SCC(=O)NN=Cc3ccc(O)c(OC)c3)nnc2-c2ccc(C(C)(C)C)cc2)cc1. The van der Waals surface area contributed by atoms with Crippen molar-refractivity contribution in [3.05, 3.63) is 77.9 Å². The van der Waals surface area contributed by atoms with Crippen LogP contribution in [-0.2, 0) is 10.2 Å². The molecule has 4 aromatic rings. The van der Waals surface area contributed by atoms with E-state index < -0.39 is 0 Å². The number of rotatable bonds is 9. The highest BCUT2D eigenvalue weighted by Gasteiger charge is 2.19. The molecular formula is C29H31N5O4S. The first-order chi connectivity index (χ1) is 18.7. The van der Waals surface area contributed by atoms with Crippen LogP contribution in [0.15, 0.2) is 77.0 Å². The lowest BCUT2D eigenvalue weighted by atomic mass is 9.87. The van der Waals surface area contributed by atoms with Crippen molar-refractivity contribution in [1.29, 1.82) is 0 Å². The van der Waals surface area contributed by atoms with E-state index in [1.165, 1.54) is 36.7 Å². The van der Waals surface area contributed by atoms with E-state index in [1.807, 2.05) is 41.0 Å². The number of hydrogen-bond donors (Lipinski definition) is 2. The molecule has 0 fully saturated rings. The first kappa shape index (κ1) is 27.7. The second kappa shape index (κ2) is 12.0. The van der Waals surface area contributed by atoms with E-state index in [-0.39, 0.29) is 22.8 Å². The van der Waals surface area contributed by atoms with Crippen LogP contribution in [0, 0.1) is 0 Å². The molecule has 0 saturated heterocycles. The number of aromatic nitrogens is 3. The van der Waals surface area contributed by atoms with Gasteiger partial charge in [0.15, 0.2) is 22.5 Å². The summed E-state index contributed by atoms with van der Waals surface area (Å²) in [5.41, 5.74) is 6.20. The molecule has 1 aromatic heterocycles. The van der Waals surface area contributed by atoms with Gasteiger partial charge in [-0.3, -0.25) is 9.36 Å². The summed E-state index contributed by atoms with van der Waals surface area (Å²) in [5, 5.41) is 23.2. The Morgan fingerprint density at radius 2 is 1.74 bits per heavy atom. The Morgan fingerprint density at radius 3 is 2.38 bits per heavy atom. The molecular weight excluding hydrogens is 514 g/mol. The van der Waals surface area contributed by atoms with Gasteiger partial charge in [-0.25, -0.2) is 5.43 Å². The molecule has 3 aromatic carbocycles. The predicted octanol–water partition coefficient (Wildman–Crippen LogP) is 5.20. The molecule has 0 aliphatic heterocycles. The smallest absolute Gasteiger partial charge is 0.250 e. The van der Waals surface area contributed by atoms with Crippen LogP contribution in [0.2, 0.25) is 0 Å². The van der Waals surface area contributed by atoms with Crippen LogP contribution in [0.1, 0.15) is 31.9 Å². The number of phenols is 1. The largest absolute Gasteiger partial charge is 0.504 e. The molecule has 0 unspecified atom stereocenters. The number of carbonyl (C=O) groups excluding carboxylic acids is 1. The number of hydrazone groups is 1. The van der Waals surface area contributed by atoms with Gasteiger partial charge in [0, 0.05) is 11.3 Å². The quantitative estimate of drug-likeness (QED) is 0.169. The molecule has 39 heavy (non-hydrogen) atoms. The van der Waals surface area contributed by atoms with Crippen LogP contribution >= 0.6 is 11.8 Å². The fourth-order valence-corrected chi connectivity index (χ4v) is 4.49. The van der Waals surface area contributed by atoms with Crippen LogP contribution in [0.4, 0.5) is 0 Å². The Morgan fingerprint density at radius 1 is 1.03 bits per heavy atom. The summed E-state index contributed by atoms with van der Waals surface area (Å²) in [6.07, 6.45) is 1.48. The van der Waals surface area contributed by atoms with Gasteiger partial charge in [0.2, 0.25) is 0 Å². The number of thioether (sulfide) groups is 1. The maximum Gasteiger partial charge on any atom is 0.250 e. The van der Waals surface area contributed by atoms with Gasteiger partial charge in [-0.2, -0.15) is 5.10 Å². The highest BCUT2D eigenvalue weighted by atomic mass is 32.2. The van der Waals surface area contributed by atoms with Crippen LogP contribution in [0.3, 0.4) is 0 Å². The van der Waals surface area contributed by atoms with Crippen molar-refractivity contribution in [3.8, 4) is 34.3 Å². The topological polar surface area (TPSA) is 111 Å². The lowest BCUT2D eigenvalue weighted by Gasteiger charge is -2.19.